The molecule has 0 aliphatic carbocycles. The van der Waals surface area contributed by atoms with Gasteiger partial charge in [-0.15, -0.1) is 0 Å². The smallest absolute Gasteiger partial charge is 0.294 e. The third-order valence-electron chi connectivity index (χ3n) is 1.87. The number of nitrogens with zero attached hydrogens (tertiary/aromatic N) is 1. The van der Waals surface area contributed by atoms with Crippen LogP contribution in [0.5, 0.6) is 0 Å². The summed E-state index contributed by atoms with van der Waals surface area (Å²) in [5, 5.41) is 2.89. The van der Waals surface area contributed by atoms with E-state index in [0.717, 1.165) is 17.9 Å². The number of hydrogen-bond acceptors (Lipinski definition) is 3. The van der Waals surface area contributed by atoms with Crippen molar-refractivity contribution in [2.45, 2.75) is 33.1 Å². The number of unbranched alkanes of at least 4 members (excludes halogenated alkanes) is 1. The molecule has 0 unspecified atom stereocenters. The summed E-state index contributed by atoms with van der Waals surface area (Å²) < 4.78 is 5.34. The molecule has 0 aliphatic heterocycles. The Morgan fingerprint density at radius 2 is 2.25 bits per heavy atom. The third kappa shape index (κ3) is 2.00. The van der Waals surface area contributed by atoms with Gasteiger partial charge in [0.15, 0.2) is 0 Å². The van der Waals surface area contributed by atoms with Crippen molar-refractivity contribution in [3.8, 4) is 0 Å². The largest absolute Gasteiger partial charge is 0.429 e. The second-order valence-electron chi connectivity index (χ2n) is 2.88. The zero-order chi connectivity index (χ0) is 8.97. The summed E-state index contributed by atoms with van der Waals surface area (Å²) in [6, 6.07) is 0.624. The number of rotatable bonds is 4. The van der Waals surface area contributed by atoms with E-state index in [1.165, 1.54) is 12.8 Å². The lowest BCUT2D eigenvalue weighted by atomic mass is 10.2. The molecule has 1 heterocycles. The molecule has 68 valence electrons. The summed E-state index contributed by atoms with van der Waals surface area (Å²) in [6.45, 7) is 4.13. The fraction of sp³-hybridized carbons (Fsp3) is 0.667. The van der Waals surface area contributed by atoms with Crippen molar-refractivity contribution in [1.82, 2.24) is 4.98 Å². The first kappa shape index (κ1) is 9.10. The van der Waals surface area contributed by atoms with Gasteiger partial charge in [-0.25, -0.2) is 0 Å². The Balaban J connectivity index is 2.64. The number of oxazole rings is 1. The van der Waals surface area contributed by atoms with Gasteiger partial charge in [0, 0.05) is 7.05 Å². The van der Waals surface area contributed by atoms with Gasteiger partial charge in [-0.1, -0.05) is 13.3 Å². The van der Waals surface area contributed by atoms with Gasteiger partial charge in [0.2, 0.25) is 0 Å². The van der Waals surface area contributed by atoms with Crippen LogP contribution in [0.25, 0.3) is 0 Å². The normalized spacial score (nSPS) is 10.2. The zero-order valence-corrected chi connectivity index (χ0v) is 7.98. The van der Waals surface area contributed by atoms with Crippen LogP contribution in [0, 0.1) is 6.92 Å². The zero-order valence-electron chi connectivity index (χ0n) is 7.98. The first-order valence-electron chi connectivity index (χ1n) is 4.42. The summed E-state index contributed by atoms with van der Waals surface area (Å²) in [7, 11) is 1.81. The van der Waals surface area contributed by atoms with Crippen LogP contribution in [0.4, 0.5) is 6.01 Å². The van der Waals surface area contributed by atoms with Crippen LogP contribution in [-0.4, -0.2) is 12.0 Å². The highest BCUT2D eigenvalue weighted by Gasteiger charge is 2.06. The standard InChI is InChI=1S/C9H16N2O/c1-4-5-6-8-7(2)12-9(10-3)11-8/h4-6H2,1-3H3,(H,10,11). The van der Waals surface area contributed by atoms with Crippen LogP contribution < -0.4 is 5.32 Å². The molecule has 3 heteroatoms. The molecule has 3 nitrogen and oxygen atoms in total. The van der Waals surface area contributed by atoms with E-state index < -0.39 is 0 Å². The fourth-order valence-electron chi connectivity index (χ4n) is 1.11. The minimum absolute atomic E-state index is 0.624. The molecule has 1 aromatic rings. The summed E-state index contributed by atoms with van der Waals surface area (Å²) in [4.78, 5) is 4.29. The molecular formula is C9H16N2O. The lowest BCUT2D eigenvalue weighted by Gasteiger charge is -1.92. The van der Waals surface area contributed by atoms with Crippen LogP contribution in [0.1, 0.15) is 31.2 Å². The van der Waals surface area contributed by atoms with Gasteiger partial charge in [-0.2, -0.15) is 4.98 Å². The van der Waals surface area contributed by atoms with Crippen LogP contribution in [0.2, 0.25) is 0 Å². The third-order valence-corrected chi connectivity index (χ3v) is 1.87. The van der Waals surface area contributed by atoms with E-state index in [4.69, 9.17) is 4.42 Å². The average Bonchev–Trinajstić information content (AvgIpc) is 2.43. The summed E-state index contributed by atoms with van der Waals surface area (Å²) in [5.41, 5.74) is 1.08. The predicted octanol–water partition coefficient (Wildman–Crippen LogP) is 2.37. The highest BCUT2D eigenvalue weighted by Crippen LogP contribution is 2.15. The number of aryl methyl sites for hydroxylation is 2. The first-order chi connectivity index (χ1) is 5.77. The highest BCUT2D eigenvalue weighted by atomic mass is 16.4. The summed E-state index contributed by atoms with van der Waals surface area (Å²) in [5.74, 6) is 0.938. The van der Waals surface area contributed by atoms with Crippen molar-refractivity contribution in [3.05, 3.63) is 11.5 Å². The van der Waals surface area contributed by atoms with Gasteiger partial charge in [0.25, 0.3) is 6.01 Å². The molecule has 12 heavy (non-hydrogen) atoms. The van der Waals surface area contributed by atoms with E-state index in [1.54, 1.807) is 0 Å². The van der Waals surface area contributed by atoms with Crippen LogP contribution in [0.3, 0.4) is 0 Å². The SMILES string of the molecule is CCCCc1nc(NC)oc1C. The molecule has 0 saturated heterocycles. The van der Waals surface area contributed by atoms with Crippen molar-refractivity contribution < 1.29 is 4.42 Å². The van der Waals surface area contributed by atoms with Crippen molar-refractivity contribution in [3.63, 3.8) is 0 Å². The van der Waals surface area contributed by atoms with Crippen molar-refractivity contribution >= 4 is 6.01 Å². The Hall–Kier alpha value is -0.990. The number of hydrogen-bond donors (Lipinski definition) is 1. The van der Waals surface area contributed by atoms with Gasteiger partial charge in [-0.3, -0.25) is 0 Å². The van der Waals surface area contributed by atoms with E-state index in [-0.39, 0.29) is 0 Å². The van der Waals surface area contributed by atoms with Crippen LogP contribution in [-0.2, 0) is 6.42 Å². The van der Waals surface area contributed by atoms with Gasteiger partial charge in [0.1, 0.15) is 5.76 Å². The second-order valence-corrected chi connectivity index (χ2v) is 2.88. The Morgan fingerprint density at radius 3 is 2.75 bits per heavy atom. The van der Waals surface area contributed by atoms with Gasteiger partial charge >= 0.3 is 0 Å². The quantitative estimate of drug-likeness (QED) is 0.750. The molecular weight excluding hydrogens is 152 g/mol. The molecule has 0 atom stereocenters. The molecule has 1 aromatic heterocycles. The van der Waals surface area contributed by atoms with Gasteiger partial charge < -0.3 is 9.73 Å². The molecule has 0 aromatic carbocycles. The molecule has 0 fully saturated rings. The van der Waals surface area contributed by atoms with Crippen molar-refractivity contribution in [2.75, 3.05) is 12.4 Å². The average molecular weight is 168 g/mol. The molecule has 0 saturated carbocycles. The van der Waals surface area contributed by atoms with Gasteiger partial charge in [0.05, 0.1) is 5.69 Å². The molecule has 0 spiro atoms. The lowest BCUT2D eigenvalue weighted by Crippen LogP contribution is -1.89. The van der Waals surface area contributed by atoms with E-state index >= 15 is 0 Å². The molecule has 0 radical (unpaired) electrons. The monoisotopic (exact) mass is 168 g/mol. The Bertz CT molecular complexity index is 243. The van der Waals surface area contributed by atoms with Crippen molar-refractivity contribution in [1.29, 1.82) is 0 Å². The molecule has 0 bridgehead atoms. The number of anilines is 1. The summed E-state index contributed by atoms with van der Waals surface area (Å²) in [6.07, 6.45) is 3.39. The van der Waals surface area contributed by atoms with Crippen LogP contribution >= 0.6 is 0 Å². The highest BCUT2D eigenvalue weighted by molar-refractivity contribution is 5.23. The topological polar surface area (TPSA) is 38.1 Å². The maximum atomic E-state index is 5.34. The summed E-state index contributed by atoms with van der Waals surface area (Å²) >= 11 is 0. The maximum absolute atomic E-state index is 5.34. The Labute approximate surface area is 73.2 Å². The first-order valence-corrected chi connectivity index (χ1v) is 4.42. The molecule has 0 amide bonds. The minimum Gasteiger partial charge on any atom is -0.429 e. The number of aromatic nitrogens is 1. The molecule has 1 N–H and O–H groups in total. The molecule has 1 rings (SSSR count). The number of nitrogens with one attached hydrogen (secondary N) is 1. The minimum atomic E-state index is 0.624. The lowest BCUT2D eigenvalue weighted by molar-refractivity contribution is 0.539. The Morgan fingerprint density at radius 1 is 1.50 bits per heavy atom. The van der Waals surface area contributed by atoms with E-state index in [9.17, 15) is 0 Å². The maximum Gasteiger partial charge on any atom is 0.294 e. The van der Waals surface area contributed by atoms with E-state index in [2.05, 4.69) is 17.2 Å². The predicted molar refractivity (Wildman–Crippen MR) is 49.4 cm³/mol. The fourth-order valence-corrected chi connectivity index (χ4v) is 1.11. The van der Waals surface area contributed by atoms with E-state index in [0.29, 0.717) is 6.01 Å². The Kier molecular flexibility index (Phi) is 3.14. The second kappa shape index (κ2) is 4.14. The van der Waals surface area contributed by atoms with E-state index in [1.807, 2.05) is 14.0 Å². The van der Waals surface area contributed by atoms with Crippen molar-refractivity contribution in [2.24, 2.45) is 0 Å². The van der Waals surface area contributed by atoms with Gasteiger partial charge in [-0.05, 0) is 19.8 Å². The molecule has 0 aliphatic rings. The van der Waals surface area contributed by atoms with Crippen LogP contribution in [0.15, 0.2) is 4.42 Å².